The average molecular weight is 364 g/mol. The zero-order valence-electron chi connectivity index (χ0n) is 13.8. The van der Waals surface area contributed by atoms with Gasteiger partial charge in [-0.2, -0.15) is 5.26 Å². The fourth-order valence-corrected chi connectivity index (χ4v) is 2.55. The Kier molecular flexibility index (Phi) is 5.68. The number of benzene rings is 3. The third-order valence-electron chi connectivity index (χ3n) is 3.79. The normalized spacial score (nSPS) is 11.0. The van der Waals surface area contributed by atoms with E-state index in [1.165, 1.54) is 6.07 Å². The molecule has 0 heterocycles. The van der Waals surface area contributed by atoms with Crippen LogP contribution in [0.3, 0.4) is 0 Å². The minimum absolute atomic E-state index is 0.276. The molecule has 4 heteroatoms. The summed E-state index contributed by atoms with van der Waals surface area (Å²) < 4.78 is 19.6. The molecule has 0 atom stereocenters. The molecule has 0 aliphatic rings. The van der Waals surface area contributed by atoms with Crippen LogP contribution in [0.25, 0.3) is 11.6 Å². The van der Waals surface area contributed by atoms with Crippen LogP contribution in [0.5, 0.6) is 5.75 Å². The molecule has 0 N–H and O–H groups in total. The van der Waals surface area contributed by atoms with Gasteiger partial charge in [-0.3, -0.25) is 0 Å². The average Bonchev–Trinajstić information content (AvgIpc) is 2.67. The van der Waals surface area contributed by atoms with E-state index in [1.807, 2.05) is 48.5 Å². The Labute approximate surface area is 156 Å². The maximum Gasteiger partial charge on any atom is 0.131 e. The third kappa shape index (κ3) is 4.50. The highest BCUT2D eigenvalue weighted by atomic mass is 35.5. The van der Waals surface area contributed by atoms with Crippen molar-refractivity contribution in [1.82, 2.24) is 0 Å². The first-order valence-electron chi connectivity index (χ1n) is 8.00. The van der Waals surface area contributed by atoms with Crippen LogP contribution in [-0.2, 0) is 6.61 Å². The fraction of sp³-hybridized carbons (Fsp3) is 0.0455. The highest BCUT2D eigenvalue weighted by Crippen LogP contribution is 2.22. The van der Waals surface area contributed by atoms with Crippen LogP contribution < -0.4 is 4.74 Å². The van der Waals surface area contributed by atoms with E-state index in [4.69, 9.17) is 16.3 Å². The third-order valence-corrected chi connectivity index (χ3v) is 4.05. The van der Waals surface area contributed by atoms with Crippen LogP contribution >= 0.6 is 11.6 Å². The molecule has 0 saturated carbocycles. The highest BCUT2D eigenvalue weighted by molar-refractivity contribution is 6.30. The van der Waals surface area contributed by atoms with Gasteiger partial charge in [-0.25, -0.2) is 4.39 Å². The Balaban J connectivity index is 1.71. The summed E-state index contributed by atoms with van der Waals surface area (Å²) in [4.78, 5) is 0. The standard InChI is InChI=1S/C22H15ClFNO/c23-19-9-5-17(6-10-19)15-26-20-11-7-16(8-12-20)13-18(14-25)21-3-1-2-4-22(21)24/h1-13H,15H2. The number of nitriles is 1. The lowest BCUT2D eigenvalue weighted by Gasteiger charge is -2.07. The van der Waals surface area contributed by atoms with Gasteiger partial charge in [-0.05, 0) is 47.5 Å². The molecule has 128 valence electrons. The molecule has 0 spiro atoms. The minimum atomic E-state index is -0.414. The van der Waals surface area contributed by atoms with Crippen molar-refractivity contribution in [3.63, 3.8) is 0 Å². The predicted octanol–water partition coefficient (Wildman–Crippen LogP) is 6.12. The van der Waals surface area contributed by atoms with Crippen molar-refractivity contribution in [1.29, 1.82) is 5.26 Å². The Morgan fingerprint density at radius 2 is 1.69 bits per heavy atom. The van der Waals surface area contributed by atoms with Gasteiger partial charge in [0.25, 0.3) is 0 Å². The molecule has 3 aromatic carbocycles. The number of hydrogen-bond donors (Lipinski definition) is 0. The van der Waals surface area contributed by atoms with Crippen molar-refractivity contribution < 1.29 is 9.13 Å². The van der Waals surface area contributed by atoms with Crippen molar-refractivity contribution in [2.75, 3.05) is 0 Å². The molecule has 0 radical (unpaired) electrons. The van der Waals surface area contributed by atoms with Gasteiger partial charge in [0.15, 0.2) is 0 Å². The smallest absolute Gasteiger partial charge is 0.131 e. The van der Waals surface area contributed by atoms with Crippen LogP contribution in [0.2, 0.25) is 5.02 Å². The van der Waals surface area contributed by atoms with Gasteiger partial charge >= 0.3 is 0 Å². The van der Waals surface area contributed by atoms with E-state index in [2.05, 4.69) is 6.07 Å². The van der Waals surface area contributed by atoms with Crippen molar-refractivity contribution in [2.45, 2.75) is 6.61 Å². The number of nitrogens with zero attached hydrogens (tertiary/aromatic N) is 1. The Hall–Kier alpha value is -3.09. The SMILES string of the molecule is N#CC(=Cc1ccc(OCc2ccc(Cl)cc2)cc1)c1ccccc1F. The van der Waals surface area contributed by atoms with Gasteiger partial charge in [0.2, 0.25) is 0 Å². The van der Waals surface area contributed by atoms with E-state index in [0.29, 0.717) is 17.4 Å². The second kappa shape index (κ2) is 8.33. The first-order chi connectivity index (χ1) is 12.7. The summed E-state index contributed by atoms with van der Waals surface area (Å²) in [6.45, 7) is 0.436. The number of halogens is 2. The quantitative estimate of drug-likeness (QED) is 0.404. The Bertz CT molecular complexity index is 957. The summed E-state index contributed by atoms with van der Waals surface area (Å²) in [5.74, 6) is 0.296. The van der Waals surface area contributed by atoms with Gasteiger partial charge in [0.1, 0.15) is 18.2 Å². The lowest BCUT2D eigenvalue weighted by molar-refractivity contribution is 0.306. The van der Waals surface area contributed by atoms with Crippen LogP contribution in [0, 0.1) is 17.1 Å². The van der Waals surface area contributed by atoms with Gasteiger partial charge in [-0.15, -0.1) is 0 Å². The maximum atomic E-state index is 13.9. The van der Waals surface area contributed by atoms with E-state index in [1.54, 1.807) is 24.3 Å². The molecule has 2 nitrogen and oxygen atoms in total. The van der Waals surface area contributed by atoms with E-state index in [9.17, 15) is 9.65 Å². The van der Waals surface area contributed by atoms with Gasteiger partial charge in [0.05, 0.1) is 11.6 Å². The number of ether oxygens (including phenoxy) is 1. The summed E-state index contributed by atoms with van der Waals surface area (Å²) in [7, 11) is 0. The molecule has 0 aromatic heterocycles. The number of allylic oxidation sites excluding steroid dienone is 1. The van der Waals surface area contributed by atoms with Crippen LogP contribution in [0.1, 0.15) is 16.7 Å². The van der Waals surface area contributed by atoms with Crippen LogP contribution in [0.4, 0.5) is 4.39 Å². The lowest BCUT2D eigenvalue weighted by Crippen LogP contribution is -1.95. The largest absolute Gasteiger partial charge is 0.489 e. The summed E-state index contributed by atoms with van der Waals surface area (Å²) in [6, 6.07) is 23.0. The van der Waals surface area contributed by atoms with Crippen LogP contribution in [-0.4, -0.2) is 0 Å². The van der Waals surface area contributed by atoms with Crippen molar-refractivity contribution in [2.24, 2.45) is 0 Å². The second-order valence-electron chi connectivity index (χ2n) is 5.63. The van der Waals surface area contributed by atoms with Gasteiger partial charge in [-0.1, -0.05) is 54.1 Å². The highest BCUT2D eigenvalue weighted by Gasteiger charge is 2.06. The Morgan fingerprint density at radius 3 is 2.35 bits per heavy atom. The zero-order chi connectivity index (χ0) is 18.4. The molecular formula is C22H15ClFNO. The molecule has 3 aromatic rings. The van der Waals surface area contributed by atoms with Gasteiger partial charge in [0, 0.05) is 10.6 Å². The molecule has 0 saturated heterocycles. The number of hydrogen-bond acceptors (Lipinski definition) is 2. The molecule has 0 fully saturated rings. The maximum absolute atomic E-state index is 13.9. The molecular weight excluding hydrogens is 349 g/mol. The molecule has 26 heavy (non-hydrogen) atoms. The molecule has 0 bridgehead atoms. The first kappa shape index (κ1) is 17.7. The van der Waals surface area contributed by atoms with E-state index in [0.717, 1.165) is 11.1 Å². The molecule has 0 unspecified atom stereocenters. The van der Waals surface area contributed by atoms with Crippen LogP contribution in [0.15, 0.2) is 72.8 Å². The lowest BCUT2D eigenvalue weighted by atomic mass is 10.0. The minimum Gasteiger partial charge on any atom is -0.489 e. The second-order valence-corrected chi connectivity index (χ2v) is 6.07. The van der Waals surface area contributed by atoms with E-state index in [-0.39, 0.29) is 11.1 Å². The van der Waals surface area contributed by atoms with Gasteiger partial charge < -0.3 is 4.74 Å². The summed E-state index contributed by atoms with van der Waals surface area (Å²) >= 11 is 5.86. The van der Waals surface area contributed by atoms with E-state index < -0.39 is 5.82 Å². The molecule has 0 aliphatic carbocycles. The fourth-order valence-electron chi connectivity index (χ4n) is 2.42. The summed E-state index contributed by atoms with van der Waals surface area (Å²) in [5, 5.41) is 10.0. The zero-order valence-corrected chi connectivity index (χ0v) is 14.6. The van der Waals surface area contributed by atoms with E-state index >= 15 is 0 Å². The van der Waals surface area contributed by atoms with Crippen molar-refractivity contribution >= 4 is 23.3 Å². The summed E-state index contributed by atoms with van der Waals surface area (Å²) in [6.07, 6.45) is 1.65. The molecule has 3 rings (SSSR count). The number of rotatable bonds is 5. The Morgan fingerprint density at radius 1 is 1.00 bits per heavy atom. The van der Waals surface area contributed by atoms with Crippen molar-refractivity contribution in [3.05, 3.63) is 100 Å². The van der Waals surface area contributed by atoms with Crippen molar-refractivity contribution in [3.8, 4) is 11.8 Å². The predicted molar refractivity (Wildman–Crippen MR) is 102 cm³/mol. The molecule has 0 aliphatic heterocycles. The topological polar surface area (TPSA) is 33.0 Å². The summed E-state index contributed by atoms with van der Waals surface area (Å²) in [5.41, 5.74) is 2.38. The first-order valence-corrected chi connectivity index (χ1v) is 8.37. The monoisotopic (exact) mass is 363 g/mol. The molecule has 0 amide bonds.